The van der Waals surface area contributed by atoms with Gasteiger partial charge in [0.25, 0.3) is 0 Å². The number of urea groups is 1. The number of hydrogen-bond acceptors (Lipinski definition) is 4. The largest absolute Gasteiger partial charge is 0.416 e. The minimum Gasteiger partial charge on any atom is -0.394 e. The number of amides is 3. The van der Waals surface area contributed by atoms with Gasteiger partial charge in [0.15, 0.2) is 0 Å². The van der Waals surface area contributed by atoms with Gasteiger partial charge in [-0.25, -0.2) is 4.79 Å². The van der Waals surface area contributed by atoms with Crippen LogP contribution in [0.1, 0.15) is 44.1 Å². The maximum absolute atomic E-state index is 12.6. The Bertz CT molecular complexity index is 751. The molecule has 0 aliphatic carbocycles. The molecule has 0 radical (unpaired) electrons. The van der Waals surface area contributed by atoms with E-state index in [0.717, 1.165) is 44.5 Å². The smallest absolute Gasteiger partial charge is 0.394 e. The van der Waals surface area contributed by atoms with Gasteiger partial charge in [-0.05, 0) is 56.4 Å². The highest BCUT2D eigenvalue weighted by atomic mass is 19.4. The van der Waals surface area contributed by atoms with E-state index in [-0.39, 0.29) is 30.7 Å². The molecule has 2 aliphatic heterocycles. The van der Waals surface area contributed by atoms with Crippen molar-refractivity contribution in [2.75, 3.05) is 25.0 Å². The minimum absolute atomic E-state index is 0.0489. The van der Waals surface area contributed by atoms with Crippen molar-refractivity contribution in [1.82, 2.24) is 10.2 Å². The Morgan fingerprint density at radius 3 is 2.39 bits per heavy atom. The molecule has 2 heterocycles. The van der Waals surface area contributed by atoms with Gasteiger partial charge < -0.3 is 25.4 Å². The fourth-order valence-corrected chi connectivity index (χ4v) is 3.99. The van der Waals surface area contributed by atoms with E-state index in [2.05, 4.69) is 10.6 Å². The van der Waals surface area contributed by atoms with Crippen molar-refractivity contribution in [3.63, 3.8) is 0 Å². The molecule has 3 amide bonds. The molecular formula is C21H28F3N3O4. The zero-order chi connectivity index (χ0) is 22.4. The first-order valence-corrected chi connectivity index (χ1v) is 10.5. The van der Waals surface area contributed by atoms with Gasteiger partial charge in [0.05, 0.1) is 30.7 Å². The third-order valence-corrected chi connectivity index (χ3v) is 5.69. The van der Waals surface area contributed by atoms with Crippen molar-refractivity contribution < 1.29 is 32.6 Å². The maximum atomic E-state index is 12.6. The number of anilines is 1. The fraction of sp³-hybridized carbons (Fsp3) is 0.619. The zero-order valence-electron chi connectivity index (χ0n) is 17.2. The van der Waals surface area contributed by atoms with E-state index in [1.165, 1.54) is 12.1 Å². The topological polar surface area (TPSA) is 90.9 Å². The highest BCUT2D eigenvalue weighted by Gasteiger charge is 2.34. The zero-order valence-corrected chi connectivity index (χ0v) is 17.2. The van der Waals surface area contributed by atoms with Gasteiger partial charge in [-0.15, -0.1) is 0 Å². The van der Waals surface area contributed by atoms with Gasteiger partial charge in [-0.1, -0.05) is 0 Å². The van der Waals surface area contributed by atoms with Gasteiger partial charge >= 0.3 is 12.2 Å². The molecule has 2 fully saturated rings. The summed E-state index contributed by atoms with van der Waals surface area (Å²) in [5, 5.41) is 14.9. The van der Waals surface area contributed by atoms with E-state index in [1.54, 1.807) is 0 Å². The van der Waals surface area contributed by atoms with E-state index in [4.69, 9.17) is 4.74 Å². The van der Waals surface area contributed by atoms with Crippen LogP contribution < -0.4 is 10.6 Å². The SMILES string of the molecule is O=C(Nc1ccc(C(F)(F)F)cc1)N[C@@H]1CC[C@H](CC(=O)N2CCCCC2)O[C@H]1CO. The van der Waals surface area contributed by atoms with Crippen LogP contribution in [0.5, 0.6) is 0 Å². The summed E-state index contributed by atoms with van der Waals surface area (Å²) < 4.78 is 43.7. The molecular weight excluding hydrogens is 415 g/mol. The van der Waals surface area contributed by atoms with Crippen LogP contribution in [0.25, 0.3) is 0 Å². The number of ether oxygens (including phenoxy) is 1. The summed E-state index contributed by atoms with van der Waals surface area (Å²) in [6, 6.07) is 3.05. The fourth-order valence-electron chi connectivity index (χ4n) is 3.99. The molecule has 1 aromatic carbocycles. The first-order chi connectivity index (χ1) is 14.8. The molecule has 0 aromatic heterocycles. The summed E-state index contributed by atoms with van der Waals surface area (Å²) >= 11 is 0. The number of alkyl halides is 3. The second-order valence-corrected chi connectivity index (χ2v) is 7.98. The van der Waals surface area contributed by atoms with Crippen LogP contribution in [-0.2, 0) is 15.7 Å². The summed E-state index contributed by atoms with van der Waals surface area (Å²) in [7, 11) is 0. The van der Waals surface area contributed by atoms with Gasteiger partial charge in [0.2, 0.25) is 5.91 Å². The van der Waals surface area contributed by atoms with Gasteiger partial charge in [0.1, 0.15) is 6.10 Å². The molecule has 3 atom stereocenters. The van der Waals surface area contributed by atoms with E-state index in [0.29, 0.717) is 12.8 Å². The van der Waals surface area contributed by atoms with Gasteiger partial charge in [-0.3, -0.25) is 4.79 Å². The third kappa shape index (κ3) is 6.57. The molecule has 2 saturated heterocycles. The third-order valence-electron chi connectivity index (χ3n) is 5.69. The number of benzene rings is 1. The molecule has 0 bridgehead atoms. The summed E-state index contributed by atoms with van der Waals surface area (Å²) in [5.74, 6) is 0.0489. The molecule has 0 saturated carbocycles. The lowest BCUT2D eigenvalue weighted by atomic mass is 9.96. The van der Waals surface area contributed by atoms with Crippen LogP contribution in [0.15, 0.2) is 24.3 Å². The Morgan fingerprint density at radius 2 is 1.77 bits per heavy atom. The summed E-state index contributed by atoms with van der Waals surface area (Å²) in [5.41, 5.74) is -0.586. The Labute approximate surface area is 178 Å². The van der Waals surface area contributed by atoms with Gasteiger partial charge in [-0.2, -0.15) is 13.2 Å². The molecule has 2 aliphatic rings. The van der Waals surface area contributed by atoms with Crippen LogP contribution in [0.4, 0.5) is 23.7 Å². The highest BCUT2D eigenvalue weighted by molar-refractivity contribution is 5.89. The van der Waals surface area contributed by atoms with Crippen LogP contribution in [0.2, 0.25) is 0 Å². The number of rotatable bonds is 5. The van der Waals surface area contributed by atoms with E-state index < -0.39 is 29.9 Å². The number of aliphatic hydroxyl groups excluding tert-OH is 1. The highest BCUT2D eigenvalue weighted by Crippen LogP contribution is 2.30. The number of nitrogens with zero attached hydrogens (tertiary/aromatic N) is 1. The number of carbonyl (C=O) groups excluding carboxylic acids is 2. The van der Waals surface area contributed by atoms with Crippen molar-refractivity contribution in [3.05, 3.63) is 29.8 Å². The van der Waals surface area contributed by atoms with Crippen molar-refractivity contribution in [3.8, 4) is 0 Å². The predicted molar refractivity (Wildman–Crippen MR) is 107 cm³/mol. The number of hydrogen-bond donors (Lipinski definition) is 3. The second-order valence-electron chi connectivity index (χ2n) is 7.98. The molecule has 0 unspecified atom stereocenters. The number of nitrogens with one attached hydrogen (secondary N) is 2. The number of halogens is 3. The second kappa shape index (κ2) is 10.3. The van der Waals surface area contributed by atoms with Crippen LogP contribution in [0.3, 0.4) is 0 Å². The van der Waals surface area contributed by atoms with E-state index in [9.17, 15) is 27.9 Å². The molecule has 31 heavy (non-hydrogen) atoms. The molecule has 1 aromatic rings. The van der Waals surface area contributed by atoms with Crippen molar-refractivity contribution in [2.45, 2.75) is 63.0 Å². The molecule has 3 rings (SSSR count). The van der Waals surface area contributed by atoms with Crippen molar-refractivity contribution >= 4 is 17.6 Å². The van der Waals surface area contributed by atoms with E-state index in [1.807, 2.05) is 4.90 Å². The molecule has 3 N–H and O–H groups in total. The number of carbonyl (C=O) groups is 2. The Hall–Kier alpha value is -2.33. The lowest BCUT2D eigenvalue weighted by molar-refractivity contribution is -0.141. The monoisotopic (exact) mass is 443 g/mol. The summed E-state index contributed by atoms with van der Waals surface area (Å²) in [6.45, 7) is 1.21. The Balaban J connectivity index is 1.48. The summed E-state index contributed by atoms with van der Waals surface area (Å²) in [4.78, 5) is 26.5. The maximum Gasteiger partial charge on any atom is 0.416 e. The quantitative estimate of drug-likeness (QED) is 0.652. The number of aliphatic hydroxyl groups is 1. The summed E-state index contributed by atoms with van der Waals surface area (Å²) in [6.07, 6.45) is -0.939. The molecule has 0 spiro atoms. The lowest BCUT2D eigenvalue weighted by Gasteiger charge is -2.37. The van der Waals surface area contributed by atoms with Crippen molar-refractivity contribution in [1.29, 1.82) is 0 Å². The average Bonchev–Trinajstić information content (AvgIpc) is 2.75. The first-order valence-electron chi connectivity index (χ1n) is 10.5. The van der Waals surface area contributed by atoms with Crippen LogP contribution in [-0.4, -0.2) is 59.9 Å². The molecule has 7 nitrogen and oxygen atoms in total. The van der Waals surface area contributed by atoms with Crippen LogP contribution in [0, 0.1) is 0 Å². The molecule has 172 valence electrons. The average molecular weight is 443 g/mol. The van der Waals surface area contributed by atoms with E-state index >= 15 is 0 Å². The predicted octanol–water partition coefficient (Wildman–Crippen LogP) is 3.14. The van der Waals surface area contributed by atoms with Crippen LogP contribution >= 0.6 is 0 Å². The first kappa shape index (κ1) is 23.3. The van der Waals surface area contributed by atoms with Gasteiger partial charge in [0, 0.05) is 18.8 Å². The Morgan fingerprint density at radius 1 is 1.10 bits per heavy atom. The number of piperidine rings is 1. The normalized spacial score (nSPS) is 24.5. The lowest BCUT2D eigenvalue weighted by Crippen LogP contribution is -2.52. The Kier molecular flexibility index (Phi) is 7.77. The minimum atomic E-state index is -4.44. The number of likely N-dealkylation sites (tertiary alicyclic amines) is 1. The van der Waals surface area contributed by atoms with Crippen molar-refractivity contribution in [2.24, 2.45) is 0 Å². The molecule has 10 heteroatoms. The standard InChI is InChI=1S/C21H28F3N3O4/c22-21(23,24)14-4-6-15(7-5-14)25-20(30)26-17-9-8-16(31-18(17)13-28)12-19(29)27-10-2-1-3-11-27/h4-7,16-18,28H,1-3,8-13H2,(H2,25,26,30)/t16-,17-,18+/m1/s1.